The number of aryl methyl sites for hydroxylation is 1. The number of nitriles is 1. The number of rotatable bonds is 2. The maximum absolute atomic E-state index is 9.09. The highest BCUT2D eigenvalue weighted by molar-refractivity contribution is 6.32. The minimum atomic E-state index is 0.262. The van der Waals surface area contributed by atoms with Crippen molar-refractivity contribution < 1.29 is 0 Å². The van der Waals surface area contributed by atoms with Crippen molar-refractivity contribution in [2.75, 3.05) is 0 Å². The zero-order valence-corrected chi connectivity index (χ0v) is 12.8. The van der Waals surface area contributed by atoms with Gasteiger partial charge in [-0.3, -0.25) is 4.98 Å². The maximum Gasteiger partial charge on any atom is 0.165 e. The Kier molecular flexibility index (Phi) is 3.75. The summed E-state index contributed by atoms with van der Waals surface area (Å²) in [6, 6.07) is 7.08. The van der Waals surface area contributed by atoms with Gasteiger partial charge in [-0.05, 0) is 18.2 Å². The van der Waals surface area contributed by atoms with Crippen LogP contribution in [0.25, 0.3) is 22.6 Å². The molecule has 3 heterocycles. The van der Waals surface area contributed by atoms with Crippen LogP contribution >= 0.6 is 23.2 Å². The Labute approximate surface area is 136 Å². The molecule has 108 valence electrons. The van der Waals surface area contributed by atoms with Gasteiger partial charge < -0.3 is 4.57 Å². The van der Waals surface area contributed by atoms with Gasteiger partial charge >= 0.3 is 0 Å². The molecule has 0 fully saturated rings. The number of hydrogen-bond donors (Lipinski definition) is 0. The molecule has 0 amide bonds. The lowest BCUT2D eigenvalue weighted by molar-refractivity contribution is 0.919. The average Bonchev–Trinajstić information content (AvgIpc) is 2.91. The lowest BCUT2D eigenvalue weighted by Crippen LogP contribution is -1.97. The van der Waals surface area contributed by atoms with Gasteiger partial charge in [-0.15, -0.1) is 10.2 Å². The van der Waals surface area contributed by atoms with E-state index in [1.807, 2.05) is 7.05 Å². The fraction of sp³-hybridized carbons (Fsp3) is 0.0714. The average molecular weight is 331 g/mol. The Morgan fingerprint density at radius 3 is 2.50 bits per heavy atom. The normalized spacial score (nSPS) is 10.5. The van der Waals surface area contributed by atoms with E-state index >= 15 is 0 Å². The molecule has 0 aliphatic carbocycles. The van der Waals surface area contributed by atoms with E-state index in [-0.39, 0.29) is 10.3 Å². The molecular weight excluding hydrogens is 323 g/mol. The van der Waals surface area contributed by atoms with Crippen molar-refractivity contribution in [1.29, 1.82) is 5.26 Å². The smallest absolute Gasteiger partial charge is 0.165 e. The molecule has 0 atom stereocenters. The first-order valence-corrected chi connectivity index (χ1v) is 6.92. The van der Waals surface area contributed by atoms with E-state index in [2.05, 4.69) is 26.2 Å². The molecule has 0 bridgehead atoms. The van der Waals surface area contributed by atoms with Crippen LogP contribution in [-0.4, -0.2) is 24.7 Å². The molecule has 0 aliphatic rings. The summed E-state index contributed by atoms with van der Waals surface area (Å²) < 4.78 is 1.74. The molecule has 0 saturated heterocycles. The van der Waals surface area contributed by atoms with Crippen molar-refractivity contribution in [3.63, 3.8) is 0 Å². The SMILES string of the molecule is Cn1cnnc1-c1cc(C#N)cnc1-c1cc(Cl)nc(Cl)c1. The van der Waals surface area contributed by atoms with Crippen LogP contribution < -0.4 is 0 Å². The summed E-state index contributed by atoms with van der Waals surface area (Å²) in [4.78, 5) is 8.27. The molecule has 3 rings (SSSR count). The topological polar surface area (TPSA) is 80.3 Å². The molecule has 0 N–H and O–H groups in total. The van der Waals surface area contributed by atoms with Gasteiger partial charge in [-0.25, -0.2) is 4.98 Å². The second-order valence-electron chi connectivity index (χ2n) is 4.50. The summed E-state index contributed by atoms with van der Waals surface area (Å²) in [6.45, 7) is 0. The largest absolute Gasteiger partial charge is 0.317 e. The second kappa shape index (κ2) is 5.72. The van der Waals surface area contributed by atoms with Crippen molar-refractivity contribution in [2.24, 2.45) is 7.05 Å². The summed E-state index contributed by atoms with van der Waals surface area (Å²) in [6.07, 6.45) is 3.06. The number of aromatic nitrogens is 5. The van der Waals surface area contributed by atoms with Gasteiger partial charge in [-0.2, -0.15) is 5.26 Å². The van der Waals surface area contributed by atoms with Crippen LogP contribution in [0.15, 0.2) is 30.7 Å². The van der Waals surface area contributed by atoms with E-state index in [9.17, 15) is 0 Å². The van der Waals surface area contributed by atoms with E-state index in [1.54, 1.807) is 29.1 Å². The third kappa shape index (κ3) is 2.64. The van der Waals surface area contributed by atoms with Crippen LogP contribution in [0.2, 0.25) is 10.3 Å². The number of pyridine rings is 2. The van der Waals surface area contributed by atoms with Crippen molar-refractivity contribution in [2.45, 2.75) is 0 Å². The van der Waals surface area contributed by atoms with E-state index in [0.717, 1.165) is 0 Å². The van der Waals surface area contributed by atoms with Gasteiger partial charge in [0.25, 0.3) is 0 Å². The predicted molar refractivity (Wildman–Crippen MR) is 82.2 cm³/mol. The Balaban J connectivity index is 2.28. The highest BCUT2D eigenvalue weighted by Gasteiger charge is 2.15. The fourth-order valence-electron chi connectivity index (χ4n) is 2.06. The monoisotopic (exact) mass is 330 g/mol. The van der Waals surface area contributed by atoms with Gasteiger partial charge in [-0.1, -0.05) is 23.2 Å². The standard InChI is InChI=1S/C14H8Cl2N6/c1-22-7-19-21-14(22)10-2-8(5-17)6-18-13(10)9-3-11(15)20-12(16)4-9/h2-4,6-7H,1H3. The molecule has 6 nitrogen and oxygen atoms in total. The zero-order valence-electron chi connectivity index (χ0n) is 11.3. The molecule has 0 radical (unpaired) electrons. The third-order valence-electron chi connectivity index (χ3n) is 3.01. The van der Waals surface area contributed by atoms with Gasteiger partial charge in [0.1, 0.15) is 22.7 Å². The minimum absolute atomic E-state index is 0.262. The molecule has 8 heteroatoms. The minimum Gasteiger partial charge on any atom is -0.317 e. The first-order chi connectivity index (χ1) is 10.6. The highest BCUT2D eigenvalue weighted by Crippen LogP contribution is 2.31. The van der Waals surface area contributed by atoms with E-state index in [1.165, 1.54) is 6.20 Å². The van der Waals surface area contributed by atoms with Crippen LogP contribution in [0, 0.1) is 11.3 Å². The lowest BCUT2D eigenvalue weighted by Gasteiger charge is -2.09. The molecule has 0 spiro atoms. The fourth-order valence-corrected chi connectivity index (χ4v) is 2.52. The molecule has 22 heavy (non-hydrogen) atoms. The number of hydrogen-bond acceptors (Lipinski definition) is 5. The Hall–Kier alpha value is -2.49. The van der Waals surface area contributed by atoms with Gasteiger partial charge in [0, 0.05) is 24.4 Å². The molecule has 0 saturated carbocycles. The second-order valence-corrected chi connectivity index (χ2v) is 5.27. The van der Waals surface area contributed by atoms with Gasteiger partial charge in [0.2, 0.25) is 0 Å². The summed E-state index contributed by atoms with van der Waals surface area (Å²) in [7, 11) is 1.81. The lowest BCUT2D eigenvalue weighted by atomic mass is 10.0. The number of nitrogens with zero attached hydrogens (tertiary/aromatic N) is 6. The first kappa shape index (κ1) is 14.4. The Morgan fingerprint density at radius 1 is 1.18 bits per heavy atom. The van der Waals surface area contributed by atoms with Gasteiger partial charge in [0.05, 0.1) is 11.3 Å². The van der Waals surface area contributed by atoms with E-state index in [0.29, 0.717) is 28.2 Å². The Morgan fingerprint density at radius 2 is 1.91 bits per heavy atom. The van der Waals surface area contributed by atoms with Crippen molar-refractivity contribution >= 4 is 23.2 Å². The van der Waals surface area contributed by atoms with E-state index < -0.39 is 0 Å². The number of halogens is 2. The molecule has 3 aromatic heterocycles. The van der Waals surface area contributed by atoms with Crippen LogP contribution in [0.4, 0.5) is 0 Å². The zero-order chi connectivity index (χ0) is 15.7. The third-order valence-corrected chi connectivity index (χ3v) is 3.39. The summed E-state index contributed by atoms with van der Waals surface area (Å²) in [5.41, 5.74) is 2.37. The molecule has 3 aromatic rings. The molecule has 0 aromatic carbocycles. The van der Waals surface area contributed by atoms with Gasteiger partial charge in [0.15, 0.2) is 5.82 Å². The maximum atomic E-state index is 9.09. The van der Waals surface area contributed by atoms with Crippen LogP contribution in [0.1, 0.15) is 5.56 Å². The van der Waals surface area contributed by atoms with Crippen molar-refractivity contribution in [3.8, 4) is 28.7 Å². The predicted octanol–water partition coefficient (Wildman–Crippen LogP) is 3.12. The highest BCUT2D eigenvalue weighted by atomic mass is 35.5. The summed E-state index contributed by atoms with van der Waals surface area (Å²) in [5, 5.41) is 17.6. The summed E-state index contributed by atoms with van der Waals surface area (Å²) in [5.74, 6) is 0.587. The summed E-state index contributed by atoms with van der Waals surface area (Å²) >= 11 is 11.9. The Bertz CT molecular complexity index is 876. The van der Waals surface area contributed by atoms with Crippen molar-refractivity contribution in [3.05, 3.63) is 46.6 Å². The van der Waals surface area contributed by atoms with Crippen LogP contribution in [-0.2, 0) is 7.05 Å². The quantitative estimate of drug-likeness (QED) is 0.674. The first-order valence-electron chi connectivity index (χ1n) is 6.16. The van der Waals surface area contributed by atoms with Crippen molar-refractivity contribution in [1.82, 2.24) is 24.7 Å². The van der Waals surface area contributed by atoms with Crippen LogP contribution in [0.3, 0.4) is 0 Å². The molecule has 0 unspecified atom stereocenters. The molecule has 0 aliphatic heterocycles. The van der Waals surface area contributed by atoms with E-state index in [4.69, 9.17) is 28.5 Å². The molecular formula is C14H8Cl2N6. The van der Waals surface area contributed by atoms with Crippen LogP contribution in [0.5, 0.6) is 0 Å².